The van der Waals surface area contributed by atoms with Crippen molar-refractivity contribution in [2.45, 2.75) is 37.3 Å². The van der Waals surface area contributed by atoms with Crippen molar-refractivity contribution in [3.63, 3.8) is 0 Å². The molecule has 1 rings (SSSR count). The van der Waals surface area contributed by atoms with Crippen LogP contribution in [0.15, 0.2) is 29.2 Å². The predicted octanol–water partition coefficient (Wildman–Crippen LogP) is 1.51. The largest absolute Gasteiger partial charge is 0.388 e. The first kappa shape index (κ1) is 15.9. The van der Waals surface area contributed by atoms with Crippen LogP contribution in [0, 0.1) is 0 Å². The summed E-state index contributed by atoms with van der Waals surface area (Å²) < 4.78 is 25.2. The predicted molar refractivity (Wildman–Crippen MR) is 76.7 cm³/mol. The van der Waals surface area contributed by atoms with E-state index in [0.717, 1.165) is 0 Å². The molecular weight excluding hydrogens is 264 g/mol. The van der Waals surface area contributed by atoms with Crippen molar-refractivity contribution in [2.24, 2.45) is 0 Å². The number of rotatable bonds is 5. The van der Waals surface area contributed by atoms with Gasteiger partial charge in [-0.15, -0.1) is 0 Å². The molecule has 0 saturated heterocycles. The summed E-state index contributed by atoms with van der Waals surface area (Å²) in [4.78, 5) is 0.227. The molecule has 19 heavy (non-hydrogen) atoms. The van der Waals surface area contributed by atoms with Gasteiger partial charge in [-0.2, -0.15) is 0 Å². The SMILES string of the molecule is CC(Nc1cccc(S(=O)(=O)N(C)C)c1)C(C)(C)O. The minimum absolute atomic E-state index is 0.204. The third-order valence-electron chi connectivity index (χ3n) is 3.06. The summed E-state index contributed by atoms with van der Waals surface area (Å²) in [5, 5.41) is 13.0. The summed E-state index contributed by atoms with van der Waals surface area (Å²) in [7, 11) is -0.450. The molecular formula is C13H22N2O3S. The number of sulfonamides is 1. The first-order valence-electron chi connectivity index (χ1n) is 6.06. The van der Waals surface area contributed by atoms with Crippen molar-refractivity contribution in [3.05, 3.63) is 24.3 Å². The quantitative estimate of drug-likeness (QED) is 0.861. The molecule has 1 unspecified atom stereocenters. The summed E-state index contributed by atoms with van der Waals surface area (Å²) in [6.07, 6.45) is 0. The Bertz CT molecular complexity index is 533. The van der Waals surface area contributed by atoms with Crippen LogP contribution in [0.4, 0.5) is 5.69 Å². The van der Waals surface area contributed by atoms with E-state index >= 15 is 0 Å². The van der Waals surface area contributed by atoms with E-state index in [-0.39, 0.29) is 10.9 Å². The van der Waals surface area contributed by atoms with E-state index in [2.05, 4.69) is 5.32 Å². The first-order chi connectivity index (χ1) is 8.55. The second-order valence-corrected chi connectivity index (χ2v) is 7.49. The Labute approximate surface area is 115 Å². The lowest BCUT2D eigenvalue weighted by Gasteiger charge is -2.27. The summed E-state index contributed by atoms with van der Waals surface area (Å²) >= 11 is 0. The number of aliphatic hydroxyl groups is 1. The minimum atomic E-state index is -3.44. The maximum Gasteiger partial charge on any atom is 0.242 e. The number of benzene rings is 1. The Morgan fingerprint density at radius 3 is 2.37 bits per heavy atom. The summed E-state index contributed by atoms with van der Waals surface area (Å²) in [5.41, 5.74) is -0.228. The maximum atomic E-state index is 12.0. The lowest BCUT2D eigenvalue weighted by atomic mass is 10.0. The van der Waals surface area contributed by atoms with Gasteiger partial charge in [0, 0.05) is 19.8 Å². The third kappa shape index (κ3) is 3.92. The van der Waals surface area contributed by atoms with Crippen molar-refractivity contribution in [2.75, 3.05) is 19.4 Å². The second-order valence-electron chi connectivity index (χ2n) is 5.33. The van der Waals surface area contributed by atoms with E-state index in [1.54, 1.807) is 38.1 Å². The number of hydrogen-bond acceptors (Lipinski definition) is 4. The van der Waals surface area contributed by atoms with Crippen molar-refractivity contribution < 1.29 is 13.5 Å². The van der Waals surface area contributed by atoms with Crippen LogP contribution in [0.2, 0.25) is 0 Å². The van der Waals surface area contributed by atoms with Gasteiger partial charge in [-0.05, 0) is 39.0 Å². The van der Waals surface area contributed by atoms with E-state index in [1.165, 1.54) is 18.4 Å². The van der Waals surface area contributed by atoms with E-state index in [4.69, 9.17) is 0 Å². The molecule has 1 aromatic carbocycles. The molecule has 0 radical (unpaired) electrons. The van der Waals surface area contributed by atoms with Crippen LogP contribution in [0.25, 0.3) is 0 Å². The molecule has 6 heteroatoms. The molecule has 0 amide bonds. The molecule has 1 atom stereocenters. The zero-order valence-electron chi connectivity index (χ0n) is 12.0. The fourth-order valence-electron chi connectivity index (χ4n) is 1.38. The standard InChI is InChI=1S/C13H22N2O3S/c1-10(13(2,3)16)14-11-7-6-8-12(9-11)19(17,18)15(4)5/h6-10,14,16H,1-5H3. The summed E-state index contributed by atoms with van der Waals surface area (Å²) in [5.74, 6) is 0. The highest BCUT2D eigenvalue weighted by Crippen LogP contribution is 2.20. The Kier molecular flexibility index (Phi) is 4.60. The molecule has 1 aromatic rings. The fourth-order valence-corrected chi connectivity index (χ4v) is 2.33. The van der Waals surface area contributed by atoms with Gasteiger partial charge in [0.1, 0.15) is 0 Å². The Morgan fingerprint density at radius 2 is 1.89 bits per heavy atom. The van der Waals surface area contributed by atoms with Crippen molar-refractivity contribution >= 4 is 15.7 Å². The van der Waals surface area contributed by atoms with E-state index in [0.29, 0.717) is 5.69 Å². The van der Waals surface area contributed by atoms with Gasteiger partial charge in [-0.25, -0.2) is 12.7 Å². The molecule has 0 fully saturated rings. The fraction of sp³-hybridized carbons (Fsp3) is 0.538. The topological polar surface area (TPSA) is 69.6 Å². The van der Waals surface area contributed by atoms with Crippen molar-refractivity contribution in [1.29, 1.82) is 0 Å². The molecule has 0 bridgehead atoms. The highest BCUT2D eigenvalue weighted by atomic mass is 32.2. The smallest absolute Gasteiger partial charge is 0.242 e. The van der Waals surface area contributed by atoms with Crippen LogP contribution in [0.3, 0.4) is 0 Å². The Morgan fingerprint density at radius 1 is 1.32 bits per heavy atom. The van der Waals surface area contributed by atoms with Crippen LogP contribution in [0.5, 0.6) is 0 Å². The van der Waals surface area contributed by atoms with Gasteiger partial charge in [0.15, 0.2) is 0 Å². The van der Waals surface area contributed by atoms with Crippen molar-refractivity contribution in [3.8, 4) is 0 Å². The van der Waals surface area contributed by atoms with Gasteiger partial charge >= 0.3 is 0 Å². The van der Waals surface area contributed by atoms with Gasteiger partial charge in [0.05, 0.1) is 16.5 Å². The maximum absolute atomic E-state index is 12.0. The number of anilines is 1. The van der Waals surface area contributed by atoms with Crippen LogP contribution < -0.4 is 5.32 Å². The second kappa shape index (κ2) is 5.48. The molecule has 0 heterocycles. The van der Waals surface area contributed by atoms with Gasteiger partial charge in [0.2, 0.25) is 10.0 Å². The highest BCUT2D eigenvalue weighted by molar-refractivity contribution is 7.89. The van der Waals surface area contributed by atoms with E-state index in [1.807, 2.05) is 6.92 Å². The Hall–Kier alpha value is -1.11. The van der Waals surface area contributed by atoms with Gasteiger partial charge in [-0.3, -0.25) is 0 Å². The van der Waals surface area contributed by atoms with E-state index < -0.39 is 15.6 Å². The van der Waals surface area contributed by atoms with E-state index in [9.17, 15) is 13.5 Å². The Balaban J connectivity index is 3.03. The lowest BCUT2D eigenvalue weighted by Crippen LogP contribution is -2.39. The van der Waals surface area contributed by atoms with Crippen LogP contribution in [-0.4, -0.2) is 43.6 Å². The minimum Gasteiger partial charge on any atom is -0.388 e. The molecule has 0 aromatic heterocycles. The average Bonchev–Trinajstić information content (AvgIpc) is 2.27. The molecule has 5 nitrogen and oxygen atoms in total. The molecule has 0 saturated carbocycles. The van der Waals surface area contributed by atoms with Gasteiger partial charge in [0.25, 0.3) is 0 Å². The molecule has 0 aliphatic heterocycles. The molecule has 0 aliphatic rings. The zero-order chi connectivity index (χ0) is 14.8. The summed E-state index contributed by atoms with van der Waals surface area (Å²) in [6, 6.07) is 6.37. The molecule has 2 N–H and O–H groups in total. The molecule has 0 aliphatic carbocycles. The van der Waals surface area contributed by atoms with Crippen LogP contribution >= 0.6 is 0 Å². The molecule has 108 valence electrons. The first-order valence-corrected chi connectivity index (χ1v) is 7.50. The molecule has 0 spiro atoms. The van der Waals surface area contributed by atoms with Gasteiger partial charge < -0.3 is 10.4 Å². The monoisotopic (exact) mass is 286 g/mol. The van der Waals surface area contributed by atoms with Crippen LogP contribution in [0.1, 0.15) is 20.8 Å². The summed E-state index contributed by atoms with van der Waals surface area (Å²) in [6.45, 7) is 5.24. The highest BCUT2D eigenvalue weighted by Gasteiger charge is 2.23. The number of nitrogens with zero attached hydrogens (tertiary/aromatic N) is 1. The third-order valence-corrected chi connectivity index (χ3v) is 4.87. The number of nitrogens with one attached hydrogen (secondary N) is 1. The normalized spacial score (nSPS) is 14.5. The van der Waals surface area contributed by atoms with Gasteiger partial charge in [-0.1, -0.05) is 6.07 Å². The van der Waals surface area contributed by atoms with Crippen molar-refractivity contribution in [1.82, 2.24) is 4.31 Å². The zero-order valence-corrected chi connectivity index (χ0v) is 12.8. The lowest BCUT2D eigenvalue weighted by molar-refractivity contribution is 0.0649. The average molecular weight is 286 g/mol. The van der Waals surface area contributed by atoms with Crippen LogP contribution in [-0.2, 0) is 10.0 Å². The number of hydrogen-bond donors (Lipinski definition) is 2.